The maximum Gasteiger partial charge on any atom is 0.120 e. The van der Waals surface area contributed by atoms with Crippen molar-refractivity contribution in [2.75, 3.05) is 0 Å². The third-order valence-corrected chi connectivity index (χ3v) is 3.72. The van der Waals surface area contributed by atoms with Crippen molar-refractivity contribution in [2.45, 2.75) is 19.3 Å². The average molecular weight is 201 g/mol. The smallest absolute Gasteiger partial charge is 0.120 e. The van der Waals surface area contributed by atoms with Crippen molar-refractivity contribution < 1.29 is 0 Å². The van der Waals surface area contributed by atoms with Crippen LogP contribution in [-0.2, 0) is 0 Å². The molecule has 2 aromatic rings. The topological polar surface area (TPSA) is 12.9 Å². The number of para-hydroxylation sites is 1. The van der Waals surface area contributed by atoms with Crippen molar-refractivity contribution >= 4 is 27.1 Å². The molecule has 0 bridgehead atoms. The molecule has 0 spiro atoms. The number of hydrogen-bond donors (Lipinski definition) is 0. The van der Waals surface area contributed by atoms with E-state index in [0.29, 0.717) is 0 Å². The minimum absolute atomic E-state index is 1.14. The van der Waals surface area contributed by atoms with Crippen LogP contribution in [0.25, 0.3) is 15.8 Å². The van der Waals surface area contributed by atoms with E-state index in [4.69, 9.17) is 0 Å². The lowest BCUT2D eigenvalue weighted by Gasteiger charge is -1.92. The molecule has 1 aromatic carbocycles. The zero-order valence-corrected chi connectivity index (χ0v) is 8.68. The van der Waals surface area contributed by atoms with Gasteiger partial charge in [-0.05, 0) is 37.0 Å². The van der Waals surface area contributed by atoms with E-state index in [1.54, 1.807) is 0 Å². The van der Waals surface area contributed by atoms with Crippen molar-refractivity contribution in [1.29, 1.82) is 0 Å². The fourth-order valence-corrected chi connectivity index (χ4v) is 2.91. The van der Waals surface area contributed by atoms with Gasteiger partial charge in [-0.2, -0.15) is 0 Å². The number of thiazole rings is 1. The van der Waals surface area contributed by atoms with Crippen molar-refractivity contribution in [3.8, 4) is 0 Å². The van der Waals surface area contributed by atoms with Crippen LogP contribution in [0.4, 0.5) is 0 Å². The van der Waals surface area contributed by atoms with Gasteiger partial charge in [-0.1, -0.05) is 18.2 Å². The largest absolute Gasteiger partial charge is 0.236 e. The predicted molar refractivity (Wildman–Crippen MR) is 61.4 cm³/mol. The minimum Gasteiger partial charge on any atom is -0.236 e. The molecule has 1 aromatic heterocycles. The van der Waals surface area contributed by atoms with Gasteiger partial charge < -0.3 is 0 Å². The number of allylic oxidation sites excluding steroid dienone is 2. The van der Waals surface area contributed by atoms with E-state index in [0.717, 1.165) is 5.52 Å². The minimum atomic E-state index is 1.14. The third kappa shape index (κ3) is 1.26. The average Bonchev–Trinajstić information content (AvgIpc) is 2.86. The zero-order chi connectivity index (χ0) is 9.38. The van der Waals surface area contributed by atoms with E-state index < -0.39 is 0 Å². The Morgan fingerprint density at radius 1 is 1.21 bits per heavy atom. The maximum atomic E-state index is 4.64. The van der Waals surface area contributed by atoms with E-state index in [2.05, 4.69) is 35.3 Å². The van der Waals surface area contributed by atoms with Crippen molar-refractivity contribution in [3.05, 3.63) is 35.3 Å². The van der Waals surface area contributed by atoms with Crippen molar-refractivity contribution in [1.82, 2.24) is 4.98 Å². The molecule has 0 saturated heterocycles. The Morgan fingerprint density at radius 2 is 2.14 bits per heavy atom. The molecule has 1 heterocycles. The summed E-state index contributed by atoms with van der Waals surface area (Å²) in [6, 6.07) is 8.36. The van der Waals surface area contributed by atoms with Gasteiger partial charge in [-0.15, -0.1) is 11.3 Å². The number of rotatable bonds is 1. The Morgan fingerprint density at radius 3 is 2.93 bits per heavy atom. The fraction of sp³-hybridized carbons (Fsp3) is 0.250. The molecule has 0 N–H and O–H groups in total. The van der Waals surface area contributed by atoms with Crippen LogP contribution < -0.4 is 0 Å². The molecule has 1 nitrogen and oxygen atoms in total. The Balaban J connectivity index is 2.14. The summed E-state index contributed by atoms with van der Waals surface area (Å²) in [4.78, 5) is 4.64. The fourth-order valence-electron chi connectivity index (χ4n) is 1.87. The number of fused-ring (bicyclic) bond motifs is 1. The number of nitrogens with zero attached hydrogens (tertiary/aromatic N) is 1. The van der Waals surface area contributed by atoms with Crippen LogP contribution in [-0.4, -0.2) is 4.98 Å². The van der Waals surface area contributed by atoms with Gasteiger partial charge in [0.1, 0.15) is 5.01 Å². The van der Waals surface area contributed by atoms with Gasteiger partial charge in [-0.3, -0.25) is 0 Å². The molecule has 70 valence electrons. The zero-order valence-electron chi connectivity index (χ0n) is 7.86. The quantitative estimate of drug-likeness (QED) is 0.682. The highest BCUT2D eigenvalue weighted by molar-refractivity contribution is 7.19. The van der Waals surface area contributed by atoms with Crippen LogP contribution in [0.15, 0.2) is 30.3 Å². The molecule has 0 saturated carbocycles. The van der Waals surface area contributed by atoms with E-state index in [1.165, 1.54) is 34.5 Å². The number of hydrogen-bond acceptors (Lipinski definition) is 2. The van der Waals surface area contributed by atoms with Crippen LogP contribution in [0.5, 0.6) is 0 Å². The second-order valence-electron chi connectivity index (χ2n) is 3.61. The summed E-state index contributed by atoms with van der Waals surface area (Å²) in [7, 11) is 0. The molecule has 0 unspecified atom stereocenters. The van der Waals surface area contributed by atoms with Gasteiger partial charge in [0.15, 0.2) is 0 Å². The first-order valence-corrected chi connectivity index (χ1v) is 5.80. The molecule has 0 fully saturated rings. The van der Waals surface area contributed by atoms with Crippen molar-refractivity contribution in [3.63, 3.8) is 0 Å². The second-order valence-corrected chi connectivity index (χ2v) is 4.64. The molecule has 1 aliphatic rings. The highest BCUT2D eigenvalue weighted by atomic mass is 32.1. The second kappa shape index (κ2) is 3.21. The molecule has 0 aliphatic heterocycles. The van der Waals surface area contributed by atoms with Gasteiger partial charge in [-0.25, -0.2) is 4.98 Å². The predicted octanol–water partition coefficient (Wildman–Crippen LogP) is 3.86. The highest BCUT2D eigenvalue weighted by Gasteiger charge is 2.11. The molecule has 0 radical (unpaired) electrons. The van der Waals surface area contributed by atoms with E-state index in [-0.39, 0.29) is 0 Å². The van der Waals surface area contributed by atoms with Gasteiger partial charge in [0.2, 0.25) is 0 Å². The van der Waals surface area contributed by atoms with E-state index in [9.17, 15) is 0 Å². The lowest BCUT2D eigenvalue weighted by Crippen LogP contribution is -1.76. The SMILES string of the molecule is C1=C(c2nc3ccccc3s2)CCC1. The molecule has 0 atom stereocenters. The Bertz CT molecular complexity index is 463. The standard InChI is InChI=1S/C12H11NS/c1-2-6-9(5-1)12-13-10-7-3-4-8-11(10)14-12/h3-5,7-8H,1-2,6H2. The molecule has 1 aliphatic carbocycles. The Hall–Kier alpha value is -1.15. The molecule has 2 heteroatoms. The summed E-state index contributed by atoms with van der Waals surface area (Å²) in [5, 5.41) is 1.23. The Kier molecular flexibility index (Phi) is 1.88. The lowest BCUT2D eigenvalue weighted by atomic mass is 10.2. The lowest BCUT2D eigenvalue weighted by molar-refractivity contribution is 0.935. The molecule has 0 amide bonds. The molecule has 3 rings (SSSR count). The van der Waals surface area contributed by atoms with Gasteiger partial charge >= 0.3 is 0 Å². The van der Waals surface area contributed by atoms with Crippen LogP contribution in [0.2, 0.25) is 0 Å². The summed E-state index contributed by atoms with van der Waals surface area (Å²) in [5.74, 6) is 0. The first-order chi connectivity index (χ1) is 6.93. The van der Waals surface area contributed by atoms with Gasteiger partial charge in [0, 0.05) is 0 Å². The molecular weight excluding hydrogens is 190 g/mol. The monoisotopic (exact) mass is 201 g/mol. The van der Waals surface area contributed by atoms with Crippen LogP contribution in [0.3, 0.4) is 0 Å². The summed E-state index contributed by atoms with van der Waals surface area (Å²) >= 11 is 1.82. The number of aromatic nitrogens is 1. The van der Waals surface area contributed by atoms with E-state index >= 15 is 0 Å². The number of benzene rings is 1. The van der Waals surface area contributed by atoms with Gasteiger partial charge in [0.05, 0.1) is 10.2 Å². The maximum absolute atomic E-state index is 4.64. The summed E-state index contributed by atoms with van der Waals surface area (Å²) in [6.07, 6.45) is 6.06. The van der Waals surface area contributed by atoms with Gasteiger partial charge in [0.25, 0.3) is 0 Å². The highest BCUT2D eigenvalue weighted by Crippen LogP contribution is 2.32. The van der Waals surface area contributed by atoms with Crippen LogP contribution in [0.1, 0.15) is 24.3 Å². The third-order valence-electron chi connectivity index (χ3n) is 2.61. The molecular formula is C12H11NS. The summed E-state index contributed by atoms with van der Waals surface area (Å²) in [5.41, 5.74) is 2.59. The van der Waals surface area contributed by atoms with E-state index in [1.807, 2.05) is 11.3 Å². The van der Waals surface area contributed by atoms with Crippen LogP contribution >= 0.6 is 11.3 Å². The first-order valence-electron chi connectivity index (χ1n) is 4.98. The normalized spacial score (nSPS) is 16.1. The van der Waals surface area contributed by atoms with Crippen LogP contribution in [0, 0.1) is 0 Å². The van der Waals surface area contributed by atoms with Crippen molar-refractivity contribution in [2.24, 2.45) is 0 Å². The summed E-state index contributed by atoms with van der Waals surface area (Å²) in [6.45, 7) is 0. The Labute approximate surface area is 87.1 Å². The molecule has 14 heavy (non-hydrogen) atoms. The first kappa shape index (κ1) is 8.18. The summed E-state index contributed by atoms with van der Waals surface area (Å²) < 4.78 is 1.30.